The van der Waals surface area contributed by atoms with Crippen molar-refractivity contribution >= 4 is 11.7 Å². The molecule has 0 unspecified atom stereocenters. The first-order valence-electron chi connectivity index (χ1n) is 4.31. The van der Waals surface area contributed by atoms with Crippen LogP contribution in [0.5, 0.6) is 0 Å². The van der Waals surface area contributed by atoms with E-state index in [9.17, 15) is 18.0 Å². The molecule has 1 rings (SSSR count). The number of nitrogens with zero attached hydrogens (tertiary/aromatic N) is 2. The van der Waals surface area contributed by atoms with Gasteiger partial charge in [0.15, 0.2) is 0 Å². The number of halogens is 3. The minimum atomic E-state index is -4.86. The van der Waals surface area contributed by atoms with Gasteiger partial charge in [-0.15, -0.1) is 0 Å². The highest BCUT2D eigenvalue weighted by Crippen LogP contribution is 2.18. The summed E-state index contributed by atoms with van der Waals surface area (Å²) >= 11 is 0. The summed E-state index contributed by atoms with van der Waals surface area (Å²) in [5, 5.41) is 0. The Morgan fingerprint density at radius 2 is 2.07 bits per heavy atom. The van der Waals surface area contributed by atoms with Crippen molar-refractivity contribution < 1.29 is 18.0 Å². The first-order chi connectivity index (χ1) is 6.41. The number of hydrogen-bond donors (Lipinski definition) is 0. The second kappa shape index (κ2) is 3.98. The van der Waals surface area contributed by atoms with Crippen LogP contribution in [0.15, 0.2) is 4.99 Å². The van der Waals surface area contributed by atoms with Gasteiger partial charge in [-0.2, -0.15) is 18.2 Å². The monoisotopic (exact) mass is 208 g/mol. The van der Waals surface area contributed by atoms with Gasteiger partial charge in [-0.3, -0.25) is 4.79 Å². The van der Waals surface area contributed by atoms with Crippen molar-refractivity contribution in [2.24, 2.45) is 4.99 Å². The fourth-order valence-electron chi connectivity index (χ4n) is 1.27. The van der Waals surface area contributed by atoms with E-state index >= 15 is 0 Å². The lowest BCUT2D eigenvalue weighted by Gasteiger charge is -2.25. The van der Waals surface area contributed by atoms with E-state index in [1.807, 2.05) is 0 Å². The molecule has 0 radical (unpaired) electrons. The minimum absolute atomic E-state index is 0.235. The first kappa shape index (κ1) is 11.0. The van der Waals surface area contributed by atoms with E-state index in [1.54, 1.807) is 11.9 Å². The van der Waals surface area contributed by atoms with Gasteiger partial charge in [0.05, 0.1) is 0 Å². The Balaban J connectivity index is 2.71. The van der Waals surface area contributed by atoms with Crippen LogP contribution < -0.4 is 0 Å². The number of piperidine rings is 1. The molecule has 0 atom stereocenters. The maximum Gasteiger partial charge on any atom is 0.473 e. The number of likely N-dealkylation sites (tertiary alicyclic amines) is 1. The Labute approximate surface area is 79.6 Å². The van der Waals surface area contributed by atoms with E-state index in [0.29, 0.717) is 13.0 Å². The maximum atomic E-state index is 11.9. The number of aliphatic imine (C=N–C) groups is 1. The number of alkyl halides is 3. The fourth-order valence-corrected chi connectivity index (χ4v) is 1.27. The molecule has 0 aromatic rings. The summed E-state index contributed by atoms with van der Waals surface area (Å²) in [5.74, 6) is -1.78. The summed E-state index contributed by atoms with van der Waals surface area (Å²) in [4.78, 5) is 15.2. The number of carbonyl (C=O) groups is 1. The molecule has 1 aliphatic heterocycles. The largest absolute Gasteiger partial charge is 0.473 e. The Hall–Kier alpha value is -1.07. The summed E-state index contributed by atoms with van der Waals surface area (Å²) < 4.78 is 35.6. The topological polar surface area (TPSA) is 32.7 Å². The molecule has 3 nitrogen and oxygen atoms in total. The van der Waals surface area contributed by atoms with Gasteiger partial charge in [0.25, 0.3) is 0 Å². The maximum absolute atomic E-state index is 11.9. The molecule has 1 aliphatic rings. The standard InChI is InChI=1S/C8H11F3N2O/c1-13-5-3-2-4-6(13)12-7(14)8(9,10)11/h2-5H2,1H3. The zero-order valence-electron chi connectivity index (χ0n) is 7.76. The van der Waals surface area contributed by atoms with Crippen LogP contribution in [0.25, 0.3) is 0 Å². The molecule has 6 heteroatoms. The first-order valence-corrected chi connectivity index (χ1v) is 4.31. The fraction of sp³-hybridized carbons (Fsp3) is 0.750. The third kappa shape index (κ3) is 2.71. The average Bonchev–Trinajstić information content (AvgIpc) is 2.07. The van der Waals surface area contributed by atoms with Gasteiger partial charge in [0.1, 0.15) is 5.84 Å². The number of hydrogen-bond acceptors (Lipinski definition) is 1. The van der Waals surface area contributed by atoms with Crippen molar-refractivity contribution in [1.29, 1.82) is 0 Å². The molecule has 1 saturated heterocycles. The van der Waals surface area contributed by atoms with E-state index in [2.05, 4.69) is 4.99 Å². The summed E-state index contributed by atoms with van der Waals surface area (Å²) in [6.07, 6.45) is -2.70. The Morgan fingerprint density at radius 1 is 1.43 bits per heavy atom. The molecule has 0 aliphatic carbocycles. The molecule has 0 saturated carbocycles. The zero-order chi connectivity index (χ0) is 10.8. The van der Waals surface area contributed by atoms with Crippen molar-refractivity contribution in [3.63, 3.8) is 0 Å². The van der Waals surface area contributed by atoms with Crippen molar-refractivity contribution in [2.45, 2.75) is 25.4 Å². The third-order valence-electron chi connectivity index (χ3n) is 2.06. The van der Waals surface area contributed by atoms with Crippen molar-refractivity contribution in [1.82, 2.24) is 4.90 Å². The number of amides is 1. The van der Waals surface area contributed by atoms with E-state index in [0.717, 1.165) is 12.8 Å². The lowest BCUT2D eigenvalue weighted by atomic mass is 10.1. The molecule has 0 spiro atoms. The lowest BCUT2D eigenvalue weighted by molar-refractivity contribution is -0.169. The van der Waals surface area contributed by atoms with Crippen LogP contribution in [0.4, 0.5) is 13.2 Å². The second-order valence-electron chi connectivity index (χ2n) is 3.21. The second-order valence-corrected chi connectivity index (χ2v) is 3.21. The van der Waals surface area contributed by atoms with Gasteiger partial charge in [0, 0.05) is 20.0 Å². The molecule has 0 aromatic heterocycles. The summed E-state index contributed by atoms with van der Waals surface area (Å²) in [6.45, 7) is 0.657. The van der Waals surface area contributed by atoms with Gasteiger partial charge in [-0.1, -0.05) is 0 Å². The molecule has 0 bridgehead atoms. The van der Waals surface area contributed by atoms with Crippen LogP contribution in [-0.4, -0.2) is 36.4 Å². The van der Waals surface area contributed by atoms with E-state index in [1.165, 1.54) is 0 Å². The Kier molecular flexibility index (Phi) is 3.13. The minimum Gasteiger partial charge on any atom is -0.363 e. The van der Waals surface area contributed by atoms with Crippen LogP contribution in [0, 0.1) is 0 Å². The summed E-state index contributed by atoms with van der Waals surface area (Å²) in [6, 6.07) is 0. The van der Waals surface area contributed by atoms with Gasteiger partial charge in [-0.05, 0) is 12.8 Å². The zero-order valence-corrected chi connectivity index (χ0v) is 7.76. The van der Waals surface area contributed by atoms with Gasteiger partial charge >= 0.3 is 12.1 Å². The molecule has 80 valence electrons. The smallest absolute Gasteiger partial charge is 0.363 e. The highest BCUT2D eigenvalue weighted by atomic mass is 19.4. The molecule has 14 heavy (non-hydrogen) atoms. The summed E-state index contributed by atoms with van der Waals surface area (Å²) in [5.41, 5.74) is 0. The molecular weight excluding hydrogens is 197 g/mol. The number of carbonyl (C=O) groups excluding carboxylic acids is 1. The lowest BCUT2D eigenvalue weighted by Crippen LogP contribution is -2.34. The van der Waals surface area contributed by atoms with E-state index in [-0.39, 0.29) is 5.84 Å². The van der Waals surface area contributed by atoms with Gasteiger partial charge in [-0.25, -0.2) is 0 Å². The van der Waals surface area contributed by atoms with Crippen molar-refractivity contribution in [2.75, 3.05) is 13.6 Å². The van der Waals surface area contributed by atoms with Crippen LogP contribution >= 0.6 is 0 Å². The number of amidine groups is 1. The highest BCUT2D eigenvalue weighted by molar-refractivity contribution is 5.96. The molecule has 1 amide bonds. The van der Waals surface area contributed by atoms with Crippen molar-refractivity contribution in [3.05, 3.63) is 0 Å². The average molecular weight is 208 g/mol. The highest BCUT2D eigenvalue weighted by Gasteiger charge is 2.39. The molecule has 0 aromatic carbocycles. The molecule has 1 heterocycles. The van der Waals surface area contributed by atoms with Gasteiger partial charge in [0.2, 0.25) is 0 Å². The van der Waals surface area contributed by atoms with E-state index < -0.39 is 12.1 Å². The predicted molar refractivity (Wildman–Crippen MR) is 45.0 cm³/mol. The van der Waals surface area contributed by atoms with Crippen LogP contribution in [0.1, 0.15) is 19.3 Å². The SMILES string of the molecule is CN1CCCCC1=NC(=O)C(F)(F)F. The van der Waals surface area contributed by atoms with Crippen LogP contribution in [-0.2, 0) is 4.79 Å². The van der Waals surface area contributed by atoms with Crippen LogP contribution in [0.2, 0.25) is 0 Å². The van der Waals surface area contributed by atoms with Crippen LogP contribution in [0.3, 0.4) is 0 Å². The summed E-state index contributed by atoms with van der Waals surface area (Å²) in [7, 11) is 1.64. The molecule has 1 fully saturated rings. The Morgan fingerprint density at radius 3 is 2.57 bits per heavy atom. The Bertz CT molecular complexity index is 260. The van der Waals surface area contributed by atoms with Crippen molar-refractivity contribution in [3.8, 4) is 0 Å². The molecular formula is C8H11F3N2O. The predicted octanol–water partition coefficient (Wildman–Crippen LogP) is 1.59. The number of rotatable bonds is 0. The van der Waals surface area contributed by atoms with Gasteiger partial charge < -0.3 is 4.90 Å². The molecule has 0 N–H and O–H groups in total. The van der Waals surface area contributed by atoms with E-state index in [4.69, 9.17) is 0 Å². The normalized spacial score (nSPS) is 21.4. The third-order valence-corrected chi connectivity index (χ3v) is 2.06. The quantitative estimate of drug-likeness (QED) is 0.605.